The van der Waals surface area contributed by atoms with Gasteiger partial charge in [-0.2, -0.15) is 10.4 Å². The van der Waals surface area contributed by atoms with Crippen LogP contribution in [0, 0.1) is 24.2 Å². The van der Waals surface area contributed by atoms with Crippen LogP contribution in [0.4, 0.5) is 0 Å². The number of ether oxygens (including phenoxy) is 1. The summed E-state index contributed by atoms with van der Waals surface area (Å²) in [5, 5.41) is 16.5. The second-order valence-electron chi connectivity index (χ2n) is 5.91. The molecule has 2 heterocycles. The molecule has 2 aromatic rings. The minimum Gasteiger partial charge on any atom is -0.459 e. The topological polar surface area (TPSA) is 97.0 Å². The fourth-order valence-electron chi connectivity index (χ4n) is 2.83. The number of hydrogen-bond donors (Lipinski definition) is 1. The summed E-state index contributed by atoms with van der Waals surface area (Å²) in [5.41, 5.74) is 2.33. The summed E-state index contributed by atoms with van der Waals surface area (Å²) in [6, 6.07) is 11.5. The number of nitrogens with zero attached hydrogens (tertiary/aromatic N) is 3. The minimum absolute atomic E-state index is 0.0398. The lowest BCUT2D eigenvalue weighted by atomic mass is 9.99. The van der Waals surface area contributed by atoms with E-state index < -0.39 is 0 Å². The van der Waals surface area contributed by atoms with Crippen LogP contribution in [-0.4, -0.2) is 28.2 Å². The SMILES string of the molecule is Cc1nn(-c2ccccc2)c(COC(=O)[C@@H]2CCC(=O)NC2)c1C#N. The number of nitrogens with one attached hydrogen (secondary N) is 1. The van der Waals surface area contributed by atoms with Gasteiger partial charge >= 0.3 is 5.97 Å². The number of amides is 1. The largest absolute Gasteiger partial charge is 0.459 e. The van der Waals surface area contributed by atoms with Gasteiger partial charge in [-0.15, -0.1) is 0 Å². The van der Waals surface area contributed by atoms with Crippen molar-refractivity contribution in [3.05, 3.63) is 47.3 Å². The second kappa shape index (κ2) is 7.18. The van der Waals surface area contributed by atoms with Crippen LogP contribution in [-0.2, 0) is 20.9 Å². The summed E-state index contributed by atoms with van der Waals surface area (Å²) < 4.78 is 7.05. The molecule has 3 rings (SSSR count). The summed E-state index contributed by atoms with van der Waals surface area (Å²) >= 11 is 0. The number of aryl methyl sites for hydroxylation is 1. The number of benzene rings is 1. The van der Waals surface area contributed by atoms with Gasteiger partial charge in [0.15, 0.2) is 0 Å². The predicted molar refractivity (Wildman–Crippen MR) is 88.5 cm³/mol. The van der Waals surface area contributed by atoms with E-state index in [4.69, 9.17) is 4.74 Å². The van der Waals surface area contributed by atoms with E-state index in [1.54, 1.807) is 11.6 Å². The number of nitriles is 1. The highest BCUT2D eigenvalue weighted by Crippen LogP contribution is 2.20. The van der Waals surface area contributed by atoms with Crippen LogP contribution in [0.3, 0.4) is 0 Å². The van der Waals surface area contributed by atoms with E-state index in [1.165, 1.54) is 0 Å². The Morgan fingerprint density at radius 3 is 2.84 bits per heavy atom. The maximum absolute atomic E-state index is 12.2. The Hall–Kier alpha value is -3.14. The molecule has 1 fully saturated rings. The molecule has 128 valence electrons. The zero-order chi connectivity index (χ0) is 17.8. The minimum atomic E-state index is -0.373. The van der Waals surface area contributed by atoms with E-state index in [1.807, 2.05) is 30.3 Å². The Morgan fingerprint density at radius 2 is 2.20 bits per heavy atom. The number of carbonyl (C=O) groups is 2. The number of rotatable bonds is 4. The van der Waals surface area contributed by atoms with E-state index in [0.717, 1.165) is 5.69 Å². The van der Waals surface area contributed by atoms with Gasteiger partial charge < -0.3 is 10.1 Å². The smallest absolute Gasteiger partial charge is 0.311 e. The van der Waals surface area contributed by atoms with Crippen molar-refractivity contribution in [2.75, 3.05) is 6.54 Å². The Kier molecular flexibility index (Phi) is 4.80. The van der Waals surface area contributed by atoms with Crippen molar-refractivity contribution in [1.82, 2.24) is 15.1 Å². The van der Waals surface area contributed by atoms with Gasteiger partial charge in [0.2, 0.25) is 5.91 Å². The first-order valence-corrected chi connectivity index (χ1v) is 8.07. The van der Waals surface area contributed by atoms with Crippen molar-refractivity contribution >= 4 is 11.9 Å². The Bertz CT molecular complexity index is 826. The molecule has 1 aromatic heterocycles. The summed E-state index contributed by atoms with van der Waals surface area (Å²) in [7, 11) is 0. The highest BCUT2D eigenvalue weighted by atomic mass is 16.5. The molecule has 0 aliphatic carbocycles. The predicted octanol–water partition coefficient (Wildman–Crippen LogP) is 1.62. The fraction of sp³-hybridized carbons (Fsp3) is 0.333. The van der Waals surface area contributed by atoms with Crippen LogP contribution >= 0.6 is 0 Å². The van der Waals surface area contributed by atoms with Crippen molar-refractivity contribution in [3.63, 3.8) is 0 Å². The molecule has 1 amide bonds. The number of esters is 1. The molecular weight excluding hydrogens is 320 g/mol. The van der Waals surface area contributed by atoms with Crippen LogP contribution in [0.2, 0.25) is 0 Å². The van der Waals surface area contributed by atoms with Gasteiger partial charge in [0.05, 0.1) is 23.0 Å². The summed E-state index contributed by atoms with van der Waals surface area (Å²) in [4.78, 5) is 23.4. The quantitative estimate of drug-likeness (QED) is 0.855. The number of hydrogen-bond acceptors (Lipinski definition) is 5. The molecular formula is C18H18N4O3. The van der Waals surface area contributed by atoms with Crippen LogP contribution < -0.4 is 5.32 Å². The molecule has 7 nitrogen and oxygen atoms in total. The molecule has 7 heteroatoms. The Labute approximate surface area is 145 Å². The number of piperidine rings is 1. The normalized spacial score (nSPS) is 16.8. The van der Waals surface area contributed by atoms with Crippen LogP contribution in [0.1, 0.15) is 29.8 Å². The van der Waals surface area contributed by atoms with Crippen molar-refractivity contribution in [2.45, 2.75) is 26.4 Å². The lowest BCUT2D eigenvalue weighted by Crippen LogP contribution is -2.39. The molecule has 1 aromatic carbocycles. The van der Waals surface area contributed by atoms with Gasteiger partial charge in [-0.25, -0.2) is 4.68 Å². The lowest BCUT2D eigenvalue weighted by molar-refractivity contribution is -0.151. The molecule has 1 aliphatic rings. The molecule has 0 bridgehead atoms. The molecule has 1 atom stereocenters. The lowest BCUT2D eigenvalue weighted by Gasteiger charge is -2.21. The molecule has 25 heavy (non-hydrogen) atoms. The highest BCUT2D eigenvalue weighted by molar-refractivity contribution is 5.81. The van der Waals surface area contributed by atoms with Gasteiger partial charge in [-0.05, 0) is 25.5 Å². The molecule has 1 aliphatic heterocycles. The van der Waals surface area contributed by atoms with Gasteiger partial charge in [-0.1, -0.05) is 18.2 Å². The van der Waals surface area contributed by atoms with Crippen molar-refractivity contribution in [1.29, 1.82) is 5.26 Å². The van der Waals surface area contributed by atoms with Gasteiger partial charge in [-0.3, -0.25) is 9.59 Å². The number of para-hydroxylation sites is 1. The van der Waals surface area contributed by atoms with Crippen molar-refractivity contribution in [3.8, 4) is 11.8 Å². The first-order valence-electron chi connectivity index (χ1n) is 8.07. The van der Waals surface area contributed by atoms with E-state index >= 15 is 0 Å². The number of carbonyl (C=O) groups excluding carboxylic acids is 2. The average Bonchev–Trinajstić information content (AvgIpc) is 2.96. The standard InChI is InChI=1S/C18H18N4O3/c1-12-15(9-19)16(22(21-12)14-5-3-2-4-6-14)11-25-18(24)13-7-8-17(23)20-10-13/h2-6,13H,7-8,10-11H2,1H3,(H,20,23)/t13-/m1/s1. The molecule has 0 spiro atoms. The Balaban J connectivity index is 1.79. The molecule has 1 N–H and O–H groups in total. The van der Waals surface area contributed by atoms with Crippen LogP contribution in [0.5, 0.6) is 0 Å². The van der Waals surface area contributed by atoms with Gasteiger partial charge in [0.1, 0.15) is 18.2 Å². The summed E-state index contributed by atoms with van der Waals surface area (Å²) in [5.74, 6) is -0.770. The monoisotopic (exact) mass is 338 g/mol. The fourth-order valence-corrected chi connectivity index (χ4v) is 2.83. The second-order valence-corrected chi connectivity index (χ2v) is 5.91. The maximum Gasteiger partial charge on any atom is 0.311 e. The highest BCUT2D eigenvalue weighted by Gasteiger charge is 2.26. The van der Waals surface area contributed by atoms with Gasteiger partial charge in [0, 0.05) is 13.0 Å². The Morgan fingerprint density at radius 1 is 1.44 bits per heavy atom. The van der Waals surface area contributed by atoms with Crippen LogP contribution in [0.15, 0.2) is 30.3 Å². The van der Waals surface area contributed by atoms with Crippen molar-refractivity contribution in [2.24, 2.45) is 5.92 Å². The zero-order valence-electron chi connectivity index (χ0n) is 13.9. The summed E-state index contributed by atoms with van der Waals surface area (Å²) in [6.07, 6.45) is 0.803. The molecule has 1 saturated heterocycles. The van der Waals surface area contributed by atoms with E-state index in [9.17, 15) is 14.9 Å². The molecule has 0 saturated carbocycles. The van der Waals surface area contributed by atoms with E-state index in [2.05, 4.69) is 16.5 Å². The van der Waals surface area contributed by atoms with E-state index in [0.29, 0.717) is 36.3 Å². The number of aromatic nitrogens is 2. The van der Waals surface area contributed by atoms with Crippen LogP contribution in [0.25, 0.3) is 5.69 Å². The molecule has 0 unspecified atom stereocenters. The van der Waals surface area contributed by atoms with E-state index in [-0.39, 0.29) is 24.4 Å². The first-order chi connectivity index (χ1) is 12.1. The third-order valence-corrected chi connectivity index (χ3v) is 4.22. The third-order valence-electron chi connectivity index (χ3n) is 4.22. The molecule has 0 radical (unpaired) electrons. The maximum atomic E-state index is 12.2. The zero-order valence-corrected chi connectivity index (χ0v) is 13.9. The van der Waals surface area contributed by atoms with Gasteiger partial charge in [0.25, 0.3) is 0 Å². The summed E-state index contributed by atoms with van der Waals surface area (Å²) in [6.45, 7) is 2.00. The van der Waals surface area contributed by atoms with Crippen molar-refractivity contribution < 1.29 is 14.3 Å². The average molecular weight is 338 g/mol. The third kappa shape index (κ3) is 3.53. The first kappa shape index (κ1) is 16.7.